The summed E-state index contributed by atoms with van der Waals surface area (Å²) in [4.78, 5) is 10.5. The molecule has 2 heterocycles. The van der Waals surface area contributed by atoms with Gasteiger partial charge >= 0.3 is 0 Å². The van der Waals surface area contributed by atoms with Gasteiger partial charge in [0.15, 0.2) is 0 Å². The fraction of sp³-hybridized carbons (Fsp3) is 0.556. The molecule has 0 radical (unpaired) electrons. The van der Waals surface area contributed by atoms with Crippen LogP contribution in [0.5, 0.6) is 0 Å². The van der Waals surface area contributed by atoms with Crippen molar-refractivity contribution in [2.75, 3.05) is 23.7 Å². The number of aryl methyl sites for hydroxylation is 1. The van der Waals surface area contributed by atoms with E-state index in [4.69, 9.17) is 5.73 Å². The predicted octanol–water partition coefficient (Wildman–Crippen LogP) is 0.967. The first-order valence-corrected chi connectivity index (χ1v) is 4.61. The minimum Gasteiger partial charge on any atom is -0.368 e. The summed E-state index contributed by atoms with van der Waals surface area (Å²) in [5, 5.41) is 0. The molecule has 0 unspecified atom stereocenters. The molecule has 0 aromatic carbocycles. The van der Waals surface area contributed by atoms with Gasteiger partial charge in [0.2, 0.25) is 5.95 Å². The molecule has 2 rings (SSSR count). The number of nitrogen functional groups attached to an aromatic ring is 1. The Balaban J connectivity index is 2.32. The van der Waals surface area contributed by atoms with E-state index in [-0.39, 0.29) is 0 Å². The third-order valence-electron chi connectivity index (χ3n) is 2.37. The van der Waals surface area contributed by atoms with Crippen molar-refractivity contribution in [1.82, 2.24) is 9.97 Å². The van der Waals surface area contributed by atoms with Gasteiger partial charge in [-0.15, -0.1) is 0 Å². The molecule has 0 atom stereocenters. The molecule has 13 heavy (non-hydrogen) atoms. The van der Waals surface area contributed by atoms with E-state index in [9.17, 15) is 0 Å². The molecule has 0 amide bonds. The lowest BCUT2D eigenvalue weighted by Crippen LogP contribution is -2.20. The Labute approximate surface area is 77.8 Å². The van der Waals surface area contributed by atoms with E-state index in [2.05, 4.69) is 14.9 Å². The highest BCUT2D eigenvalue weighted by molar-refractivity contribution is 5.48. The number of aromatic nitrogens is 2. The number of anilines is 2. The Morgan fingerprint density at radius 3 is 2.77 bits per heavy atom. The van der Waals surface area contributed by atoms with Crippen LogP contribution >= 0.6 is 0 Å². The maximum Gasteiger partial charge on any atom is 0.221 e. The van der Waals surface area contributed by atoms with E-state index in [0.717, 1.165) is 24.5 Å². The topological polar surface area (TPSA) is 55.0 Å². The molecule has 1 aromatic heterocycles. The van der Waals surface area contributed by atoms with Crippen molar-refractivity contribution in [3.8, 4) is 0 Å². The van der Waals surface area contributed by atoms with Crippen LogP contribution in [0.3, 0.4) is 0 Å². The summed E-state index contributed by atoms with van der Waals surface area (Å²) in [5.74, 6) is 1.37. The monoisotopic (exact) mass is 178 g/mol. The first-order valence-electron chi connectivity index (χ1n) is 4.61. The normalized spacial score (nSPS) is 16.5. The zero-order valence-electron chi connectivity index (χ0n) is 7.82. The molecule has 1 saturated heterocycles. The maximum atomic E-state index is 5.55. The molecular weight excluding hydrogens is 164 g/mol. The van der Waals surface area contributed by atoms with Crippen molar-refractivity contribution in [3.63, 3.8) is 0 Å². The lowest BCUT2D eigenvalue weighted by atomic mass is 10.3. The minimum absolute atomic E-state index is 0.368. The van der Waals surface area contributed by atoms with Crippen molar-refractivity contribution in [2.24, 2.45) is 0 Å². The number of hydrogen-bond acceptors (Lipinski definition) is 4. The zero-order chi connectivity index (χ0) is 9.26. The van der Waals surface area contributed by atoms with Crippen molar-refractivity contribution in [3.05, 3.63) is 11.8 Å². The Bertz CT molecular complexity index is 304. The molecule has 0 spiro atoms. The van der Waals surface area contributed by atoms with Crippen LogP contribution < -0.4 is 10.6 Å². The van der Waals surface area contributed by atoms with Crippen LogP contribution in [0.1, 0.15) is 18.4 Å². The molecule has 70 valence electrons. The second-order valence-corrected chi connectivity index (χ2v) is 3.43. The maximum absolute atomic E-state index is 5.55. The van der Waals surface area contributed by atoms with E-state index in [0.29, 0.717) is 5.95 Å². The lowest BCUT2D eigenvalue weighted by molar-refractivity contribution is 0.920. The summed E-state index contributed by atoms with van der Waals surface area (Å²) in [6.07, 6.45) is 4.29. The quantitative estimate of drug-likeness (QED) is 0.696. The molecule has 4 heteroatoms. The summed E-state index contributed by atoms with van der Waals surface area (Å²) in [5.41, 5.74) is 6.65. The average molecular weight is 178 g/mol. The second kappa shape index (κ2) is 3.20. The van der Waals surface area contributed by atoms with Crippen LogP contribution in [0, 0.1) is 6.92 Å². The van der Waals surface area contributed by atoms with Crippen LogP contribution in [-0.2, 0) is 0 Å². The predicted molar refractivity (Wildman–Crippen MR) is 52.6 cm³/mol. The van der Waals surface area contributed by atoms with Gasteiger partial charge in [-0.2, -0.15) is 4.98 Å². The summed E-state index contributed by atoms with van der Waals surface area (Å²) >= 11 is 0. The summed E-state index contributed by atoms with van der Waals surface area (Å²) in [7, 11) is 0. The van der Waals surface area contributed by atoms with Gasteiger partial charge in [-0.3, -0.25) is 0 Å². The highest BCUT2D eigenvalue weighted by Gasteiger charge is 2.15. The Morgan fingerprint density at radius 1 is 1.38 bits per heavy atom. The van der Waals surface area contributed by atoms with E-state index in [1.165, 1.54) is 12.8 Å². The van der Waals surface area contributed by atoms with Crippen LogP contribution in [-0.4, -0.2) is 23.1 Å². The summed E-state index contributed by atoms with van der Waals surface area (Å²) in [6.45, 7) is 4.21. The molecule has 1 fully saturated rings. The Hall–Kier alpha value is -1.32. The fourth-order valence-electron chi connectivity index (χ4n) is 1.70. The van der Waals surface area contributed by atoms with Gasteiger partial charge in [0, 0.05) is 24.8 Å². The SMILES string of the molecule is Cc1cnc(N)nc1N1CCCC1. The van der Waals surface area contributed by atoms with Gasteiger partial charge in [0.05, 0.1) is 0 Å². The van der Waals surface area contributed by atoms with Crippen LogP contribution in [0.15, 0.2) is 6.20 Å². The van der Waals surface area contributed by atoms with E-state index in [1.807, 2.05) is 6.92 Å². The largest absolute Gasteiger partial charge is 0.368 e. The first-order chi connectivity index (χ1) is 6.27. The number of nitrogens with two attached hydrogens (primary N) is 1. The van der Waals surface area contributed by atoms with Gasteiger partial charge in [-0.05, 0) is 19.8 Å². The standard InChI is InChI=1S/C9H14N4/c1-7-6-11-9(10)12-8(7)13-4-2-3-5-13/h6H,2-5H2,1H3,(H2,10,11,12). The number of hydrogen-bond donors (Lipinski definition) is 1. The molecule has 1 aliphatic heterocycles. The Morgan fingerprint density at radius 2 is 2.08 bits per heavy atom. The third kappa shape index (κ3) is 1.56. The van der Waals surface area contributed by atoms with E-state index >= 15 is 0 Å². The van der Waals surface area contributed by atoms with E-state index < -0.39 is 0 Å². The summed E-state index contributed by atoms with van der Waals surface area (Å²) < 4.78 is 0. The van der Waals surface area contributed by atoms with Gasteiger partial charge in [-0.25, -0.2) is 4.98 Å². The average Bonchev–Trinajstić information content (AvgIpc) is 2.61. The van der Waals surface area contributed by atoms with Crippen molar-refractivity contribution in [2.45, 2.75) is 19.8 Å². The zero-order valence-corrected chi connectivity index (χ0v) is 7.82. The highest BCUT2D eigenvalue weighted by atomic mass is 15.2. The lowest BCUT2D eigenvalue weighted by Gasteiger charge is -2.18. The molecule has 0 bridgehead atoms. The van der Waals surface area contributed by atoms with Crippen LogP contribution in [0.4, 0.5) is 11.8 Å². The molecule has 0 saturated carbocycles. The van der Waals surface area contributed by atoms with Crippen LogP contribution in [0.25, 0.3) is 0 Å². The molecule has 2 N–H and O–H groups in total. The highest BCUT2D eigenvalue weighted by Crippen LogP contribution is 2.21. The van der Waals surface area contributed by atoms with Crippen molar-refractivity contribution >= 4 is 11.8 Å². The third-order valence-corrected chi connectivity index (χ3v) is 2.37. The molecule has 0 aliphatic carbocycles. The van der Waals surface area contributed by atoms with Gasteiger partial charge in [0.25, 0.3) is 0 Å². The number of nitrogens with zero attached hydrogens (tertiary/aromatic N) is 3. The fourth-order valence-corrected chi connectivity index (χ4v) is 1.70. The van der Waals surface area contributed by atoms with Gasteiger partial charge < -0.3 is 10.6 Å². The smallest absolute Gasteiger partial charge is 0.221 e. The van der Waals surface area contributed by atoms with Gasteiger partial charge in [0.1, 0.15) is 5.82 Å². The number of rotatable bonds is 1. The van der Waals surface area contributed by atoms with E-state index in [1.54, 1.807) is 6.20 Å². The van der Waals surface area contributed by atoms with Crippen LogP contribution in [0.2, 0.25) is 0 Å². The van der Waals surface area contributed by atoms with Gasteiger partial charge in [-0.1, -0.05) is 0 Å². The second-order valence-electron chi connectivity index (χ2n) is 3.43. The molecule has 1 aromatic rings. The van der Waals surface area contributed by atoms with Crippen molar-refractivity contribution in [1.29, 1.82) is 0 Å². The molecule has 4 nitrogen and oxygen atoms in total. The minimum atomic E-state index is 0.368. The summed E-state index contributed by atoms with van der Waals surface area (Å²) in [6, 6.07) is 0. The van der Waals surface area contributed by atoms with Crippen molar-refractivity contribution < 1.29 is 0 Å². The molecular formula is C9H14N4. The molecule has 1 aliphatic rings. The Kier molecular flexibility index (Phi) is 2.04. The first kappa shape index (κ1) is 8.29.